The van der Waals surface area contributed by atoms with Crippen molar-refractivity contribution in [2.75, 3.05) is 20.3 Å². The van der Waals surface area contributed by atoms with Crippen LogP contribution in [0.5, 0.6) is 11.5 Å². The van der Waals surface area contributed by atoms with Crippen molar-refractivity contribution >= 4 is 11.8 Å². The van der Waals surface area contributed by atoms with Crippen molar-refractivity contribution < 1.29 is 19.1 Å². The van der Waals surface area contributed by atoms with Crippen molar-refractivity contribution in [2.45, 2.75) is 38.8 Å². The fraction of sp³-hybridized carbons (Fsp3) is 0.310. The van der Waals surface area contributed by atoms with E-state index in [1.54, 1.807) is 24.1 Å². The summed E-state index contributed by atoms with van der Waals surface area (Å²) in [4.78, 5) is 28.5. The quantitative estimate of drug-likeness (QED) is 0.367. The fourth-order valence-corrected chi connectivity index (χ4v) is 3.77. The van der Waals surface area contributed by atoms with E-state index in [-0.39, 0.29) is 25.0 Å². The highest BCUT2D eigenvalue weighted by Gasteiger charge is 2.30. The van der Waals surface area contributed by atoms with E-state index in [0.29, 0.717) is 24.5 Å². The monoisotopic (exact) mass is 474 g/mol. The molecule has 3 aromatic rings. The maximum atomic E-state index is 13.5. The number of nitrogens with zero attached hydrogens (tertiary/aromatic N) is 1. The molecule has 0 unspecified atom stereocenters. The van der Waals surface area contributed by atoms with Crippen LogP contribution in [-0.4, -0.2) is 43.0 Å². The number of rotatable bonds is 13. The summed E-state index contributed by atoms with van der Waals surface area (Å²) in [7, 11) is 1.61. The van der Waals surface area contributed by atoms with Crippen LogP contribution in [0.4, 0.5) is 0 Å². The lowest BCUT2D eigenvalue weighted by Crippen LogP contribution is -2.51. The van der Waals surface area contributed by atoms with E-state index in [1.807, 2.05) is 72.8 Å². The molecule has 35 heavy (non-hydrogen) atoms. The minimum absolute atomic E-state index is 0.165. The number of ether oxygens (including phenoxy) is 2. The summed E-state index contributed by atoms with van der Waals surface area (Å²) in [6, 6.07) is 25.8. The first kappa shape index (κ1) is 25.8. The van der Waals surface area contributed by atoms with Gasteiger partial charge >= 0.3 is 0 Å². The van der Waals surface area contributed by atoms with Crippen LogP contribution in [0.3, 0.4) is 0 Å². The topological polar surface area (TPSA) is 67.9 Å². The molecule has 6 heteroatoms. The van der Waals surface area contributed by atoms with E-state index in [9.17, 15) is 9.59 Å². The predicted octanol–water partition coefficient (Wildman–Crippen LogP) is 4.63. The molecule has 0 aliphatic heterocycles. The van der Waals surface area contributed by atoms with Crippen LogP contribution in [0.15, 0.2) is 84.9 Å². The molecule has 0 heterocycles. The predicted molar refractivity (Wildman–Crippen MR) is 137 cm³/mol. The molecule has 2 amide bonds. The van der Waals surface area contributed by atoms with Crippen molar-refractivity contribution in [3.8, 4) is 11.5 Å². The molecular formula is C29H34N2O4. The summed E-state index contributed by atoms with van der Waals surface area (Å²) in [5.74, 6) is 0.873. The molecule has 0 radical (unpaired) electrons. The number of para-hydroxylation sites is 1. The van der Waals surface area contributed by atoms with Gasteiger partial charge in [0.25, 0.3) is 5.91 Å². The lowest BCUT2D eigenvalue weighted by atomic mass is 10.0. The third-order valence-electron chi connectivity index (χ3n) is 5.69. The highest BCUT2D eigenvalue weighted by molar-refractivity contribution is 5.88. The number of hydrogen-bond acceptors (Lipinski definition) is 4. The second kappa shape index (κ2) is 13.8. The first-order valence-corrected chi connectivity index (χ1v) is 12.0. The van der Waals surface area contributed by atoms with Crippen molar-refractivity contribution in [3.05, 3.63) is 96.1 Å². The maximum absolute atomic E-state index is 13.5. The third-order valence-corrected chi connectivity index (χ3v) is 5.69. The summed E-state index contributed by atoms with van der Waals surface area (Å²) in [6.07, 6.45) is 2.26. The Morgan fingerprint density at radius 1 is 0.886 bits per heavy atom. The van der Waals surface area contributed by atoms with E-state index in [2.05, 4.69) is 12.2 Å². The van der Waals surface area contributed by atoms with Crippen molar-refractivity contribution in [3.63, 3.8) is 0 Å². The highest BCUT2D eigenvalue weighted by Crippen LogP contribution is 2.19. The Bertz CT molecular complexity index is 1060. The lowest BCUT2D eigenvalue weighted by Gasteiger charge is -2.31. The zero-order chi connectivity index (χ0) is 24.9. The Labute approximate surface area is 207 Å². The Morgan fingerprint density at radius 2 is 1.54 bits per heavy atom. The second-order valence-corrected chi connectivity index (χ2v) is 8.32. The van der Waals surface area contributed by atoms with E-state index < -0.39 is 6.04 Å². The molecule has 0 saturated carbocycles. The normalized spacial score (nSPS) is 11.4. The largest absolute Gasteiger partial charge is 0.497 e. The Balaban J connectivity index is 1.89. The zero-order valence-electron chi connectivity index (χ0n) is 20.5. The molecule has 3 rings (SSSR count). The van der Waals surface area contributed by atoms with Crippen LogP contribution >= 0.6 is 0 Å². The number of benzene rings is 3. The summed E-state index contributed by atoms with van der Waals surface area (Å²) >= 11 is 0. The summed E-state index contributed by atoms with van der Waals surface area (Å²) in [5.41, 5.74) is 1.85. The minimum atomic E-state index is -0.688. The summed E-state index contributed by atoms with van der Waals surface area (Å²) in [6.45, 7) is 2.74. The van der Waals surface area contributed by atoms with Gasteiger partial charge in [0, 0.05) is 19.5 Å². The lowest BCUT2D eigenvalue weighted by molar-refractivity contribution is -0.142. The number of unbranched alkanes of at least 4 members (excludes halogenated alkanes) is 1. The van der Waals surface area contributed by atoms with E-state index in [1.165, 1.54) is 0 Å². The van der Waals surface area contributed by atoms with Gasteiger partial charge in [0.15, 0.2) is 6.61 Å². The molecule has 6 nitrogen and oxygen atoms in total. The smallest absolute Gasteiger partial charge is 0.261 e. The molecule has 0 aliphatic carbocycles. The molecule has 0 aromatic heterocycles. The van der Waals surface area contributed by atoms with Gasteiger partial charge in [0.1, 0.15) is 17.5 Å². The van der Waals surface area contributed by atoms with Crippen LogP contribution in [0.25, 0.3) is 0 Å². The summed E-state index contributed by atoms with van der Waals surface area (Å²) in [5, 5.41) is 3.02. The zero-order valence-corrected chi connectivity index (χ0v) is 20.5. The van der Waals surface area contributed by atoms with E-state index >= 15 is 0 Å². The van der Waals surface area contributed by atoms with Gasteiger partial charge in [-0.25, -0.2) is 0 Å². The number of amides is 2. The van der Waals surface area contributed by atoms with E-state index in [4.69, 9.17) is 9.47 Å². The third kappa shape index (κ3) is 8.18. The number of methoxy groups -OCH3 is 1. The van der Waals surface area contributed by atoms with Crippen LogP contribution in [0, 0.1) is 0 Å². The first-order chi connectivity index (χ1) is 17.1. The van der Waals surface area contributed by atoms with Crippen LogP contribution in [-0.2, 0) is 22.6 Å². The first-order valence-electron chi connectivity index (χ1n) is 12.0. The Morgan fingerprint density at radius 3 is 2.23 bits per heavy atom. The molecule has 0 saturated heterocycles. The van der Waals surface area contributed by atoms with Crippen LogP contribution in [0.2, 0.25) is 0 Å². The molecule has 0 aliphatic rings. The van der Waals surface area contributed by atoms with Crippen LogP contribution < -0.4 is 14.8 Å². The Kier molecular flexibility index (Phi) is 10.2. The standard InChI is InChI=1S/C29H34N2O4/c1-3-4-18-30-29(33)27(20-23-12-7-5-8-13-23)31(21-24-14-11-17-26(19-24)34-2)28(32)22-35-25-15-9-6-10-16-25/h5-17,19,27H,3-4,18,20-22H2,1-2H3,(H,30,33)/t27-/m1/s1. The molecule has 184 valence electrons. The summed E-state index contributed by atoms with van der Waals surface area (Å²) < 4.78 is 11.1. The molecule has 0 fully saturated rings. The second-order valence-electron chi connectivity index (χ2n) is 8.32. The Hall–Kier alpha value is -3.80. The van der Waals surface area contributed by atoms with Gasteiger partial charge in [-0.1, -0.05) is 74.0 Å². The fourth-order valence-electron chi connectivity index (χ4n) is 3.77. The number of nitrogens with one attached hydrogen (secondary N) is 1. The van der Waals surface area contributed by atoms with Gasteiger partial charge in [-0.2, -0.15) is 0 Å². The van der Waals surface area contributed by atoms with Crippen molar-refractivity contribution in [1.29, 1.82) is 0 Å². The van der Waals surface area contributed by atoms with Gasteiger partial charge in [0.2, 0.25) is 5.91 Å². The molecule has 1 atom stereocenters. The number of carbonyl (C=O) groups excluding carboxylic acids is 2. The maximum Gasteiger partial charge on any atom is 0.261 e. The SMILES string of the molecule is CCCCNC(=O)[C@@H](Cc1ccccc1)N(Cc1cccc(OC)c1)C(=O)COc1ccccc1. The van der Waals surface area contributed by atoms with Gasteiger partial charge in [-0.15, -0.1) is 0 Å². The average Bonchev–Trinajstić information content (AvgIpc) is 2.90. The highest BCUT2D eigenvalue weighted by atomic mass is 16.5. The molecule has 0 bridgehead atoms. The van der Waals surface area contributed by atoms with Crippen molar-refractivity contribution in [1.82, 2.24) is 10.2 Å². The van der Waals surface area contributed by atoms with Gasteiger partial charge in [-0.3, -0.25) is 9.59 Å². The minimum Gasteiger partial charge on any atom is -0.497 e. The van der Waals surface area contributed by atoms with Gasteiger partial charge in [0.05, 0.1) is 7.11 Å². The molecule has 3 aromatic carbocycles. The molecular weight excluding hydrogens is 440 g/mol. The number of hydrogen-bond donors (Lipinski definition) is 1. The van der Waals surface area contributed by atoms with Gasteiger partial charge in [-0.05, 0) is 41.8 Å². The number of carbonyl (C=O) groups is 2. The molecule has 1 N–H and O–H groups in total. The molecule has 0 spiro atoms. The van der Waals surface area contributed by atoms with Crippen LogP contribution in [0.1, 0.15) is 30.9 Å². The van der Waals surface area contributed by atoms with E-state index in [0.717, 1.165) is 24.0 Å². The van der Waals surface area contributed by atoms with Gasteiger partial charge < -0.3 is 19.7 Å². The van der Waals surface area contributed by atoms with Crippen molar-refractivity contribution in [2.24, 2.45) is 0 Å². The average molecular weight is 475 g/mol.